The molecule has 3 nitrogen and oxygen atoms in total. The average Bonchev–Trinajstić information content (AvgIpc) is 2.45. The van der Waals surface area contributed by atoms with Crippen LogP contribution in [0.15, 0.2) is 24.3 Å². The summed E-state index contributed by atoms with van der Waals surface area (Å²) in [4.78, 5) is 3.73. The summed E-state index contributed by atoms with van der Waals surface area (Å²) in [5.74, 6) is -1.94. The lowest BCUT2D eigenvalue weighted by Crippen LogP contribution is -2.08. The number of anilines is 3. The van der Waals surface area contributed by atoms with Gasteiger partial charge in [-0.05, 0) is 42.9 Å². The molecule has 3 N–H and O–H groups in total. The van der Waals surface area contributed by atoms with Crippen molar-refractivity contribution < 1.29 is 8.78 Å². The van der Waals surface area contributed by atoms with Gasteiger partial charge in [0.25, 0.3) is 0 Å². The first-order valence-corrected chi connectivity index (χ1v) is 6.64. The van der Waals surface area contributed by atoms with Gasteiger partial charge in [-0.15, -0.1) is 0 Å². The van der Waals surface area contributed by atoms with E-state index in [9.17, 15) is 8.78 Å². The van der Waals surface area contributed by atoms with Gasteiger partial charge in [-0.3, -0.25) is 0 Å². The second-order valence-electron chi connectivity index (χ2n) is 4.96. The van der Waals surface area contributed by atoms with Gasteiger partial charge in [0.15, 0.2) is 23.3 Å². The van der Waals surface area contributed by atoms with Crippen LogP contribution in [0.25, 0.3) is 0 Å². The summed E-state index contributed by atoms with van der Waals surface area (Å²) < 4.78 is 26.8. The lowest BCUT2D eigenvalue weighted by molar-refractivity contribution is 0.581. The van der Waals surface area contributed by atoms with Crippen LogP contribution < -0.4 is 11.1 Å². The number of hydrogen-bond acceptors (Lipinski definition) is 3. The Hall–Kier alpha value is -2.17. The molecule has 104 valence electrons. The minimum absolute atomic E-state index is 0.0390. The molecule has 5 heteroatoms. The zero-order valence-corrected chi connectivity index (χ0v) is 10.9. The molecule has 0 atom stereocenters. The Kier molecular flexibility index (Phi) is 3.26. The standard InChI is InChI=1S/C15H15F2N3/c16-11-8-12(17)15(20-14(11)18)19-13-7-3-5-9-4-1-2-6-10(9)13/h3,5,7-8H,1-2,4,6H2,(H3,18,19,20). The molecule has 0 fully saturated rings. The number of nitrogens with two attached hydrogens (primary N) is 1. The van der Waals surface area contributed by atoms with E-state index in [1.165, 1.54) is 17.5 Å². The smallest absolute Gasteiger partial charge is 0.169 e. The fraction of sp³-hybridized carbons (Fsp3) is 0.267. The van der Waals surface area contributed by atoms with Crippen LogP contribution >= 0.6 is 0 Å². The number of fused-ring (bicyclic) bond motifs is 1. The predicted octanol–water partition coefficient (Wildman–Crippen LogP) is 3.56. The average molecular weight is 275 g/mol. The van der Waals surface area contributed by atoms with Crippen molar-refractivity contribution in [3.63, 3.8) is 0 Å². The zero-order chi connectivity index (χ0) is 14.1. The van der Waals surface area contributed by atoms with Gasteiger partial charge in [-0.25, -0.2) is 13.8 Å². The van der Waals surface area contributed by atoms with E-state index in [4.69, 9.17) is 5.73 Å². The van der Waals surface area contributed by atoms with Crippen LogP contribution in [0.4, 0.5) is 26.1 Å². The lowest BCUT2D eigenvalue weighted by atomic mass is 9.90. The van der Waals surface area contributed by atoms with Crippen molar-refractivity contribution in [3.8, 4) is 0 Å². The topological polar surface area (TPSA) is 50.9 Å². The maximum Gasteiger partial charge on any atom is 0.169 e. The number of aryl methyl sites for hydroxylation is 1. The number of pyridine rings is 1. The van der Waals surface area contributed by atoms with E-state index in [1.54, 1.807) is 0 Å². The summed E-state index contributed by atoms with van der Waals surface area (Å²) in [5.41, 5.74) is 8.67. The monoisotopic (exact) mass is 275 g/mol. The molecule has 0 aliphatic heterocycles. The SMILES string of the molecule is Nc1nc(Nc2cccc3c2CCCC3)c(F)cc1F. The number of nitrogens with zero attached hydrogens (tertiary/aromatic N) is 1. The van der Waals surface area contributed by atoms with E-state index in [-0.39, 0.29) is 11.6 Å². The molecule has 1 aliphatic rings. The van der Waals surface area contributed by atoms with Crippen molar-refractivity contribution >= 4 is 17.3 Å². The van der Waals surface area contributed by atoms with Crippen LogP contribution in [0.3, 0.4) is 0 Å². The molecule has 0 unspecified atom stereocenters. The van der Waals surface area contributed by atoms with Crippen molar-refractivity contribution in [1.29, 1.82) is 0 Å². The maximum atomic E-state index is 13.7. The molecule has 1 aromatic carbocycles. The lowest BCUT2D eigenvalue weighted by Gasteiger charge is -2.20. The van der Waals surface area contributed by atoms with Gasteiger partial charge >= 0.3 is 0 Å². The normalized spacial score (nSPS) is 13.9. The highest BCUT2D eigenvalue weighted by molar-refractivity contribution is 5.64. The van der Waals surface area contributed by atoms with Crippen molar-refractivity contribution in [2.45, 2.75) is 25.7 Å². The molecule has 0 bridgehead atoms. The molecule has 0 amide bonds. The van der Waals surface area contributed by atoms with Gasteiger partial charge < -0.3 is 11.1 Å². The second kappa shape index (κ2) is 5.07. The molecule has 20 heavy (non-hydrogen) atoms. The van der Waals surface area contributed by atoms with Crippen LogP contribution in [0.2, 0.25) is 0 Å². The molecule has 1 aliphatic carbocycles. The van der Waals surface area contributed by atoms with Gasteiger partial charge in [-0.1, -0.05) is 12.1 Å². The number of hydrogen-bond donors (Lipinski definition) is 2. The molecule has 0 spiro atoms. The predicted molar refractivity (Wildman–Crippen MR) is 74.9 cm³/mol. The molecular weight excluding hydrogens is 260 g/mol. The molecule has 3 rings (SSSR count). The van der Waals surface area contributed by atoms with E-state index in [0.29, 0.717) is 0 Å². The summed E-state index contributed by atoms with van der Waals surface area (Å²) in [7, 11) is 0. The minimum Gasteiger partial charge on any atom is -0.381 e. The van der Waals surface area contributed by atoms with Gasteiger partial charge in [0, 0.05) is 11.8 Å². The first kappa shape index (κ1) is 12.8. The van der Waals surface area contributed by atoms with Gasteiger partial charge in [0.1, 0.15) is 0 Å². The fourth-order valence-electron chi connectivity index (χ4n) is 2.59. The third-order valence-electron chi connectivity index (χ3n) is 3.61. The summed E-state index contributed by atoms with van der Waals surface area (Å²) in [5, 5.41) is 2.94. The highest BCUT2D eigenvalue weighted by Gasteiger charge is 2.15. The highest BCUT2D eigenvalue weighted by Crippen LogP contribution is 2.30. The Morgan fingerprint density at radius 1 is 1.10 bits per heavy atom. The maximum absolute atomic E-state index is 13.7. The minimum atomic E-state index is -0.844. The Labute approximate surface area is 115 Å². The van der Waals surface area contributed by atoms with Gasteiger partial charge in [0.05, 0.1) is 0 Å². The van der Waals surface area contributed by atoms with Crippen LogP contribution in [-0.2, 0) is 12.8 Å². The largest absolute Gasteiger partial charge is 0.381 e. The fourth-order valence-corrected chi connectivity index (χ4v) is 2.59. The number of rotatable bonds is 2. The van der Waals surface area contributed by atoms with E-state index in [1.807, 2.05) is 12.1 Å². The van der Waals surface area contributed by atoms with Crippen molar-refractivity contribution in [3.05, 3.63) is 47.0 Å². The Morgan fingerprint density at radius 3 is 2.75 bits per heavy atom. The molecule has 2 aromatic rings. The van der Waals surface area contributed by atoms with Crippen molar-refractivity contribution in [2.75, 3.05) is 11.1 Å². The van der Waals surface area contributed by atoms with Crippen molar-refractivity contribution in [1.82, 2.24) is 4.98 Å². The first-order valence-electron chi connectivity index (χ1n) is 6.64. The third-order valence-corrected chi connectivity index (χ3v) is 3.61. The second-order valence-corrected chi connectivity index (χ2v) is 4.96. The summed E-state index contributed by atoms with van der Waals surface area (Å²) in [6.45, 7) is 0. The van der Waals surface area contributed by atoms with Gasteiger partial charge in [0.2, 0.25) is 0 Å². The van der Waals surface area contributed by atoms with E-state index in [2.05, 4.69) is 16.4 Å². The number of nitrogen functional groups attached to an aromatic ring is 1. The number of aromatic nitrogens is 1. The van der Waals surface area contributed by atoms with E-state index < -0.39 is 11.6 Å². The van der Waals surface area contributed by atoms with Crippen molar-refractivity contribution in [2.24, 2.45) is 0 Å². The van der Waals surface area contributed by atoms with Crippen LogP contribution in [0.5, 0.6) is 0 Å². The number of halogens is 2. The number of benzene rings is 1. The molecule has 1 aromatic heterocycles. The van der Waals surface area contributed by atoms with Crippen LogP contribution in [-0.4, -0.2) is 4.98 Å². The molecule has 0 saturated heterocycles. The summed E-state index contributed by atoms with van der Waals surface area (Å²) in [6.07, 6.45) is 4.28. The van der Waals surface area contributed by atoms with Crippen LogP contribution in [0.1, 0.15) is 24.0 Å². The Balaban J connectivity index is 1.98. The zero-order valence-electron chi connectivity index (χ0n) is 10.9. The third kappa shape index (κ3) is 2.31. The highest BCUT2D eigenvalue weighted by atomic mass is 19.1. The number of nitrogens with one attached hydrogen (secondary N) is 1. The molecule has 0 radical (unpaired) electrons. The Morgan fingerprint density at radius 2 is 1.90 bits per heavy atom. The van der Waals surface area contributed by atoms with Gasteiger partial charge in [-0.2, -0.15) is 0 Å². The quantitative estimate of drug-likeness (QED) is 0.881. The van der Waals surface area contributed by atoms with E-state index in [0.717, 1.165) is 31.0 Å². The summed E-state index contributed by atoms with van der Waals surface area (Å²) >= 11 is 0. The van der Waals surface area contributed by atoms with E-state index >= 15 is 0 Å². The molecule has 0 saturated carbocycles. The summed E-state index contributed by atoms with van der Waals surface area (Å²) in [6, 6.07) is 6.64. The molecule has 1 heterocycles. The first-order chi connectivity index (χ1) is 9.65. The molecular formula is C15H15F2N3. The van der Waals surface area contributed by atoms with Crippen LogP contribution in [0, 0.1) is 11.6 Å². The Bertz CT molecular complexity index is 656.